The van der Waals surface area contributed by atoms with Gasteiger partial charge in [-0.05, 0) is 45.0 Å². The average Bonchev–Trinajstić information content (AvgIpc) is 2.90. The van der Waals surface area contributed by atoms with Crippen molar-refractivity contribution in [2.45, 2.75) is 38.9 Å². The van der Waals surface area contributed by atoms with E-state index in [9.17, 15) is 14.7 Å². The number of esters is 1. The first-order chi connectivity index (χ1) is 10.3. The van der Waals surface area contributed by atoms with Crippen molar-refractivity contribution in [1.82, 2.24) is 4.98 Å². The van der Waals surface area contributed by atoms with E-state index >= 15 is 0 Å². The Morgan fingerprint density at radius 3 is 2.64 bits per heavy atom. The zero-order valence-electron chi connectivity index (χ0n) is 12.8. The number of aliphatic hydroxyl groups excluding tert-OH is 1. The standard InChI is InChI=1S/C16H19NO5/c1-16(2,3)22-15(20)11-7-6-10(17-14(11)19)9-12(18)13-5-4-8-21-13/h4-8,12,18H,9H2,1-3H3,(H,17,19). The number of rotatable bonds is 4. The summed E-state index contributed by atoms with van der Waals surface area (Å²) in [5.41, 5.74) is -0.775. The third kappa shape index (κ3) is 4.08. The Labute approximate surface area is 127 Å². The number of hydrogen-bond donors (Lipinski definition) is 2. The van der Waals surface area contributed by atoms with Crippen molar-refractivity contribution in [3.05, 3.63) is 57.9 Å². The van der Waals surface area contributed by atoms with Crippen molar-refractivity contribution in [2.75, 3.05) is 0 Å². The molecule has 0 saturated carbocycles. The second-order valence-corrected chi connectivity index (χ2v) is 5.96. The van der Waals surface area contributed by atoms with E-state index in [-0.39, 0.29) is 12.0 Å². The first-order valence-electron chi connectivity index (χ1n) is 6.93. The van der Waals surface area contributed by atoms with Gasteiger partial charge in [0.1, 0.15) is 23.0 Å². The Hall–Kier alpha value is -2.34. The first-order valence-corrected chi connectivity index (χ1v) is 6.93. The molecule has 0 radical (unpaired) electrons. The lowest BCUT2D eigenvalue weighted by atomic mass is 10.1. The van der Waals surface area contributed by atoms with Gasteiger partial charge in [-0.25, -0.2) is 4.79 Å². The van der Waals surface area contributed by atoms with Gasteiger partial charge in [0.25, 0.3) is 5.56 Å². The van der Waals surface area contributed by atoms with Crippen molar-refractivity contribution < 1.29 is 19.1 Å². The monoisotopic (exact) mass is 305 g/mol. The van der Waals surface area contributed by atoms with E-state index in [0.29, 0.717) is 11.5 Å². The fourth-order valence-electron chi connectivity index (χ4n) is 1.92. The number of ether oxygens (including phenoxy) is 1. The molecule has 0 aliphatic carbocycles. The quantitative estimate of drug-likeness (QED) is 0.845. The Morgan fingerprint density at radius 1 is 1.36 bits per heavy atom. The maximum atomic E-state index is 12.0. The van der Waals surface area contributed by atoms with E-state index in [2.05, 4.69) is 4.98 Å². The highest BCUT2D eigenvalue weighted by Crippen LogP contribution is 2.17. The van der Waals surface area contributed by atoms with Gasteiger partial charge in [-0.3, -0.25) is 4.79 Å². The van der Waals surface area contributed by atoms with Crippen molar-refractivity contribution in [3.8, 4) is 0 Å². The van der Waals surface area contributed by atoms with Gasteiger partial charge in [0.15, 0.2) is 0 Å². The Balaban J connectivity index is 2.13. The highest BCUT2D eigenvalue weighted by molar-refractivity contribution is 5.89. The first kappa shape index (κ1) is 16.0. The number of nitrogens with one attached hydrogen (secondary N) is 1. The summed E-state index contributed by atoms with van der Waals surface area (Å²) < 4.78 is 10.3. The summed E-state index contributed by atoms with van der Waals surface area (Å²) >= 11 is 0. The van der Waals surface area contributed by atoms with Crippen LogP contribution < -0.4 is 5.56 Å². The molecule has 0 bridgehead atoms. The lowest BCUT2D eigenvalue weighted by Crippen LogP contribution is -2.28. The lowest BCUT2D eigenvalue weighted by molar-refractivity contribution is 0.00675. The van der Waals surface area contributed by atoms with E-state index in [1.807, 2.05) is 0 Å². The third-order valence-electron chi connectivity index (χ3n) is 2.87. The molecule has 1 unspecified atom stereocenters. The molecule has 1 atom stereocenters. The number of aromatic nitrogens is 1. The molecule has 6 nitrogen and oxygen atoms in total. The maximum Gasteiger partial charge on any atom is 0.344 e. The normalized spacial score (nSPS) is 12.9. The number of carbonyl (C=O) groups is 1. The summed E-state index contributed by atoms with van der Waals surface area (Å²) in [5, 5.41) is 9.98. The summed E-state index contributed by atoms with van der Waals surface area (Å²) in [5.74, 6) is -0.260. The molecule has 0 fully saturated rings. The van der Waals surface area contributed by atoms with E-state index in [1.54, 1.807) is 39.0 Å². The molecule has 2 heterocycles. The number of carbonyl (C=O) groups excluding carboxylic acids is 1. The molecule has 0 amide bonds. The Kier molecular flexibility index (Phi) is 4.51. The smallest absolute Gasteiger partial charge is 0.344 e. The van der Waals surface area contributed by atoms with Crippen molar-refractivity contribution >= 4 is 5.97 Å². The predicted molar refractivity (Wildman–Crippen MR) is 79.6 cm³/mol. The van der Waals surface area contributed by atoms with Crippen molar-refractivity contribution in [2.24, 2.45) is 0 Å². The summed E-state index contributed by atoms with van der Waals surface area (Å²) in [4.78, 5) is 26.4. The molecule has 2 aromatic rings. The summed E-state index contributed by atoms with van der Waals surface area (Å²) in [6.45, 7) is 5.19. The van der Waals surface area contributed by atoms with Crippen LogP contribution >= 0.6 is 0 Å². The lowest BCUT2D eigenvalue weighted by Gasteiger charge is -2.19. The average molecular weight is 305 g/mol. The van der Waals surface area contributed by atoms with Gasteiger partial charge in [0.2, 0.25) is 0 Å². The second kappa shape index (κ2) is 6.19. The summed E-state index contributed by atoms with van der Waals surface area (Å²) in [6.07, 6.45) is 0.780. The van der Waals surface area contributed by atoms with E-state index in [1.165, 1.54) is 12.3 Å². The number of H-pyrrole nitrogens is 1. The minimum absolute atomic E-state index is 0.0637. The van der Waals surface area contributed by atoms with Crippen LogP contribution in [0, 0.1) is 0 Å². The van der Waals surface area contributed by atoms with Crippen LogP contribution in [0.5, 0.6) is 0 Å². The third-order valence-corrected chi connectivity index (χ3v) is 2.87. The van der Waals surface area contributed by atoms with Crippen LogP contribution in [0.3, 0.4) is 0 Å². The SMILES string of the molecule is CC(C)(C)OC(=O)c1ccc(CC(O)c2ccco2)[nH]c1=O. The molecule has 0 spiro atoms. The molecular weight excluding hydrogens is 286 g/mol. The van der Waals surface area contributed by atoms with Gasteiger partial charge in [-0.15, -0.1) is 0 Å². The molecule has 2 N–H and O–H groups in total. The van der Waals surface area contributed by atoms with Gasteiger partial charge in [-0.2, -0.15) is 0 Å². The highest BCUT2D eigenvalue weighted by atomic mass is 16.6. The van der Waals surface area contributed by atoms with Gasteiger partial charge in [-0.1, -0.05) is 0 Å². The molecule has 0 aliphatic rings. The van der Waals surface area contributed by atoms with Crippen LogP contribution in [0.15, 0.2) is 39.7 Å². The van der Waals surface area contributed by atoms with Crippen LogP contribution in [0.25, 0.3) is 0 Å². The Morgan fingerprint density at radius 2 is 2.09 bits per heavy atom. The van der Waals surface area contributed by atoms with Crippen LogP contribution in [0.4, 0.5) is 0 Å². The topological polar surface area (TPSA) is 92.5 Å². The minimum Gasteiger partial charge on any atom is -0.467 e. The van der Waals surface area contributed by atoms with Crippen LogP contribution in [0.2, 0.25) is 0 Å². The molecule has 118 valence electrons. The van der Waals surface area contributed by atoms with Crippen LogP contribution in [-0.2, 0) is 11.2 Å². The maximum absolute atomic E-state index is 12.0. The number of furan rings is 1. The molecule has 2 rings (SSSR count). The van der Waals surface area contributed by atoms with Crippen molar-refractivity contribution in [1.29, 1.82) is 0 Å². The van der Waals surface area contributed by atoms with Gasteiger partial charge in [0, 0.05) is 12.1 Å². The van der Waals surface area contributed by atoms with E-state index < -0.39 is 23.2 Å². The zero-order chi connectivity index (χ0) is 16.3. The molecule has 0 aliphatic heterocycles. The molecule has 2 aromatic heterocycles. The van der Waals surface area contributed by atoms with Gasteiger partial charge in [0.05, 0.1) is 6.26 Å². The number of aliphatic hydroxyl groups is 1. The van der Waals surface area contributed by atoms with Crippen molar-refractivity contribution in [3.63, 3.8) is 0 Å². The predicted octanol–water partition coefficient (Wildman–Crippen LogP) is 2.20. The molecule has 6 heteroatoms. The highest BCUT2D eigenvalue weighted by Gasteiger charge is 2.21. The molecular formula is C16H19NO5. The van der Waals surface area contributed by atoms with Gasteiger partial charge >= 0.3 is 5.97 Å². The van der Waals surface area contributed by atoms with Gasteiger partial charge < -0.3 is 19.2 Å². The van der Waals surface area contributed by atoms with Crippen LogP contribution in [0.1, 0.15) is 48.7 Å². The second-order valence-electron chi connectivity index (χ2n) is 5.96. The Bertz CT molecular complexity index is 694. The number of pyridine rings is 1. The van der Waals surface area contributed by atoms with E-state index in [4.69, 9.17) is 9.15 Å². The van der Waals surface area contributed by atoms with E-state index in [0.717, 1.165) is 0 Å². The zero-order valence-corrected chi connectivity index (χ0v) is 12.8. The molecule has 0 aromatic carbocycles. The minimum atomic E-state index is -0.863. The largest absolute Gasteiger partial charge is 0.467 e. The summed E-state index contributed by atoms with van der Waals surface area (Å²) in [7, 11) is 0. The number of hydrogen-bond acceptors (Lipinski definition) is 5. The fourth-order valence-corrected chi connectivity index (χ4v) is 1.92. The molecule has 22 heavy (non-hydrogen) atoms. The van der Waals surface area contributed by atoms with Crippen LogP contribution in [-0.4, -0.2) is 21.7 Å². The fraction of sp³-hybridized carbons (Fsp3) is 0.375. The number of aromatic amines is 1. The molecule has 0 saturated heterocycles. The summed E-state index contributed by atoms with van der Waals surface area (Å²) in [6, 6.07) is 6.30.